The van der Waals surface area contributed by atoms with Gasteiger partial charge in [-0.25, -0.2) is 17.2 Å². The summed E-state index contributed by atoms with van der Waals surface area (Å²) < 4.78 is 57.7. The fraction of sp³-hybridized carbons (Fsp3) is 0.462. The van der Waals surface area contributed by atoms with Gasteiger partial charge in [-0.15, -0.1) is 0 Å². The van der Waals surface area contributed by atoms with Crippen molar-refractivity contribution in [2.24, 2.45) is 0 Å². The normalized spacial score (nSPS) is 22.5. The van der Waals surface area contributed by atoms with Crippen LogP contribution < -0.4 is 4.72 Å². The zero-order valence-electron chi connectivity index (χ0n) is 11.5. The van der Waals surface area contributed by atoms with Crippen LogP contribution in [0.25, 0.3) is 0 Å². The van der Waals surface area contributed by atoms with Crippen LogP contribution in [-0.4, -0.2) is 38.2 Å². The summed E-state index contributed by atoms with van der Waals surface area (Å²) in [6.45, 7) is 0.0524. The molecule has 0 aromatic heterocycles. The highest BCUT2D eigenvalue weighted by molar-refractivity contribution is 7.88. The number of carbonyl (C=O) groups is 1. The first-order chi connectivity index (χ1) is 10.2. The van der Waals surface area contributed by atoms with Gasteiger partial charge in [-0.3, -0.25) is 4.79 Å². The predicted molar refractivity (Wildman–Crippen MR) is 72.5 cm³/mol. The van der Waals surface area contributed by atoms with Crippen LogP contribution in [0, 0.1) is 11.6 Å². The van der Waals surface area contributed by atoms with Crippen LogP contribution in [-0.2, 0) is 25.3 Å². The number of hydrogen-bond acceptors (Lipinski definition) is 4. The molecule has 0 saturated carbocycles. The third kappa shape index (κ3) is 3.79. The van der Waals surface area contributed by atoms with Crippen molar-refractivity contribution < 1.29 is 31.8 Å². The summed E-state index contributed by atoms with van der Waals surface area (Å²) in [5.41, 5.74) is -2.00. The second-order valence-corrected chi connectivity index (χ2v) is 6.86. The molecule has 1 unspecified atom stereocenters. The molecule has 0 spiro atoms. The molecule has 0 bridgehead atoms. The van der Waals surface area contributed by atoms with Gasteiger partial charge < -0.3 is 9.84 Å². The van der Waals surface area contributed by atoms with E-state index in [2.05, 4.69) is 4.72 Å². The van der Waals surface area contributed by atoms with Crippen molar-refractivity contribution in [3.05, 3.63) is 35.4 Å². The maximum absolute atomic E-state index is 13.5. The summed E-state index contributed by atoms with van der Waals surface area (Å²) in [6.07, 6.45) is 0.465. The van der Waals surface area contributed by atoms with E-state index in [0.29, 0.717) is 19.1 Å². The largest absolute Gasteiger partial charge is 0.480 e. The summed E-state index contributed by atoms with van der Waals surface area (Å²) >= 11 is 0. The van der Waals surface area contributed by atoms with Gasteiger partial charge in [0.2, 0.25) is 10.0 Å². The topological polar surface area (TPSA) is 92.7 Å². The fourth-order valence-electron chi connectivity index (χ4n) is 2.26. The molecular formula is C13H15F2NO5S. The molecule has 0 aliphatic carbocycles. The van der Waals surface area contributed by atoms with E-state index in [9.17, 15) is 27.1 Å². The van der Waals surface area contributed by atoms with E-state index in [1.54, 1.807) is 0 Å². The average Bonchev–Trinajstić information content (AvgIpc) is 2.42. The molecule has 0 amide bonds. The van der Waals surface area contributed by atoms with Gasteiger partial charge in [0.15, 0.2) is 5.54 Å². The molecule has 1 atom stereocenters. The molecule has 1 fully saturated rings. The number of carboxylic acid groups (broad SMARTS) is 1. The van der Waals surface area contributed by atoms with Gasteiger partial charge in [-0.2, -0.15) is 4.72 Å². The summed E-state index contributed by atoms with van der Waals surface area (Å²) in [5, 5.41) is 9.28. The van der Waals surface area contributed by atoms with Crippen LogP contribution >= 0.6 is 0 Å². The van der Waals surface area contributed by atoms with E-state index in [1.807, 2.05) is 0 Å². The third-order valence-electron chi connectivity index (χ3n) is 3.36. The summed E-state index contributed by atoms with van der Waals surface area (Å²) in [6, 6.07) is 2.51. The van der Waals surface area contributed by atoms with Crippen LogP contribution in [0.3, 0.4) is 0 Å². The smallest absolute Gasteiger partial charge is 0.327 e. The van der Waals surface area contributed by atoms with E-state index < -0.39 is 38.9 Å². The first kappa shape index (κ1) is 16.8. The number of benzene rings is 1. The van der Waals surface area contributed by atoms with Crippen molar-refractivity contribution in [3.63, 3.8) is 0 Å². The maximum atomic E-state index is 13.5. The number of sulfonamides is 1. The number of nitrogens with one attached hydrogen (secondary N) is 1. The molecular weight excluding hydrogens is 320 g/mol. The number of halogens is 2. The molecule has 9 heteroatoms. The van der Waals surface area contributed by atoms with Gasteiger partial charge in [0.05, 0.1) is 12.4 Å². The van der Waals surface area contributed by atoms with Crippen molar-refractivity contribution in [1.29, 1.82) is 0 Å². The SMILES string of the molecule is O=C(O)C1(NS(=O)(=O)Cc2ccc(F)cc2F)CCCOC1. The molecule has 1 aromatic carbocycles. The third-order valence-corrected chi connectivity index (χ3v) is 4.75. The lowest BCUT2D eigenvalue weighted by atomic mass is 9.94. The molecule has 122 valence electrons. The van der Waals surface area contributed by atoms with Crippen molar-refractivity contribution in [3.8, 4) is 0 Å². The standard InChI is InChI=1S/C13H15F2NO5S/c14-10-3-2-9(11(15)6-10)7-22(19,20)16-13(12(17)18)4-1-5-21-8-13/h2-3,6,16H,1,4-5,7-8H2,(H,17,18). The van der Waals surface area contributed by atoms with Gasteiger partial charge in [0.1, 0.15) is 11.6 Å². The van der Waals surface area contributed by atoms with E-state index in [4.69, 9.17) is 4.74 Å². The zero-order chi connectivity index (χ0) is 16.4. The highest BCUT2D eigenvalue weighted by Crippen LogP contribution is 2.22. The lowest BCUT2D eigenvalue weighted by Gasteiger charge is -2.33. The Morgan fingerprint density at radius 2 is 2.14 bits per heavy atom. The number of carboxylic acids is 1. The minimum Gasteiger partial charge on any atom is -0.480 e. The molecule has 0 radical (unpaired) electrons. The van der Waals surface area contributed by atoms with E-state index in [0.717, 1.165) is 12.1 Å². The molecule has 1 aliphatic heterocycles. The van der Waals surface area contributed by atoms with Crippen LogP contribution in [0.15, 0.2) is 18.2 Å². The predicted octanol–water partition coefficient (Wildman–Crippen LogP) is 1.02. The van der Waals surface area contributed by atoms with Crippen LogP contribution in [0.5, 0.6) is 0 Å². The molecule has 1 saturated heterocycles. The maximum Gasteiger partial charge on any atom is 0.327 e. The molecule has 6 nitrogen and oxygen atoms in total. The lowest BCUT2D eigenvalue weighted by Crippen LogP contribution is -2.59. The van der Waals surface area contributed by atoms with Gasteiger partial charge in [0.25, 0.3) is 0 Å². The molecule has 1 aliphatic rings. The number of aliphatic carboxylic acids is 1. The molecule has 2 rings (SSSR count). The van der Waals surface area contributed by atoms with Gasteiger partial charge in [0, 0.05) is 18.2 Å². The summed E-state index contributed by atoms with van der Waals surface area (Å²) in [5.74, 6) is -3.96. The van der Waals surface area contributed by atoms with Crippen molar-refractivity contribution >= 4 is 16.0 Å². The van der Waals surface area contributed by atoms with Crippen molar-refractivity contribution in [2.45, 2.75) is 24.1 Å². The van der Waals surface area contributed by atoms with Crippen LogP contribution in [0.2, 0.25) is 0 Å². The monoisotopic (exact) mass is 335 g/mol. The summed E-state index contributed by atoms with van der Waals surface area (Å²) in [4.78, 5) is 11.4. The highest BCUT2D eigenvalue weighted by atomic mass is 32.2. The lowest BCUT2D eigenvalue weighted by molar-refractivity contribution is -0.149. The Morgan fingerprint density at radius 3 is 2.68 bits per heavy atom. The molecule has 1 aromatic rings. The number of rotatable bonds is 5. The Balaban J connectivity index is 2.20. The highest BCUT2D eigenvalue weighted by Gasteiger charge is 2.44. The molecule has 2 N–H and O–H groups in total. The number of hydrogen-bond donors (Lipinski definition) is 2. The Labute approximate surface area is 126 Å². The van der Waals surface area contributed by atoms with Crippen molar-refractivity contribution in [2.75, 3.05) is 13.2 Å². The van der Waals surface area contributed by atoms with E-state index >= 15 is 0 Å². The molecule has 1 heterocycles. The zero-order valence-corrected chi connectivity index (χ0v) is 12.3. The Bertz CT molecular complexity index is 671. The van der Waals surface area contributed by atoms with Gasteiger partial charge in [-0.05, 0) is 18.9 Å². The second kappa shape index (κ2) is 6.27. The minimum absolute atomic E-state index is 0.0768. The molecule has 22 heavy (non-hydrogen) atoms. The Kier molecular flexibility index (Phi) is 4.78. The van der Waals surface area contributed by atoms with Gasteiger partial charge >= 0.3 is 5.97 Å². The fourth-order valence-corrected chi connectivity index (χ4v) is 3.82. The van der Waals surface area contributed by atoms with E-state index in [1.165, 1.54) is 0 Å². The second-order valence-electron chi connectivity index (χ2n) is 5.14. The number of ether oxygens (including phenoxy) is 1. The van der Waals surface area contributed by atoms with E-state index in [-0.39, 0.29) is 18.6 Å². The first-order valence-electron chi connectivity index (χ1n) is 6.51. The minimum atomic E-state index is -4.15. The Morgan fingerprint density at radius 1 is 1.41 bits per heavy atom. The average molecular weight is 335 g/mol. The quantitative estimate of drug-likeness (QED) is 0.838. The first-order valence-corrected chi connectivity index (χ1v) is 8.16. The van der Waals surface area contributed by atoms with Crippen molar-refractivity contribution in [1.82, 2.24) is 4.72 Å². The van der Waals surface area contributed by atoms with Crippen LogP contribution in [0.1, 0.15) is 18.4 Å². The summed E-state index contributed by atoms with van der Waals surface area (Å²) in [7, 11) is -4.15. The van der Waals surface area contributed by atoms with Gasteiger partial charge in [-0.1, -0.05) is 6.07 Å². The van der Waals surface area contributed by atoms with Crippen LogP contribution in [0.4, 0.5) is 8.78 Å². The Hall–Kier alpha value is -1.58.